The van der Waals surface area contributed by atoms with E-state index in [1.165, 1.54) is 6.92 Å². The molecule has 26 heteroatoms. The highest BCUT2D eigenvalue weighted by Crippen LogP contribution is 2.76. The average molecular weight is 1220 g/mol. The van der Waals surface area contributed by atoms with E-state index < -0.39 is 218 Å². The summed E-state index contributed by atoms with van der Waals surface area (Å²) in [5, 5.41) is 144. The third kappa shape index (κ3) is 11.1. The van der Waals surface area contributed by atoms with Gasteiger partial charge in [-0.3, -0.25) is 4.79 Å². The van der Waals surface area contributed by atoms with E-state index in [9.17, 15) is 80.8 Å². The number of rotatable bonds is 14. The quantitative estimate of drug-likeness (QED) is 0.0421. The number of aliphatic hydroxyl groups excluding tert-OH is 12. The molecule has 9 aliphatic rings. The molecule has 484 valence electrons. The number of aliphatic carboxylic acids is 1. The van der Waals surface area contributed by atoms with Crippen LogP contribution in [0.2, 0.25) is 0 Å². The minimum atomic E-state index is -2.21. The van der Waals surface area contributed by atoms with Gasteiger partial charge in [-0.1, -0.05) is 66.2 Å². The monoisotopic (exact) mass is 1220 g/mol. The first kappa shape index (κ1) is 66.5. The number of fused-ring (bicyclic) bond motifs is 7. The zero-order valence-corrected chi connectivity index (χ0v) is 50.0. The van der Waals surface area contributed by atoms with E-state index in [0.717, 1.165) is 5.57 Å². The molecule has 0 aromatic heterocycles. The number of aliphatic hydroxyl groups is 12. The first-order valence-corrected chi connectivity index (χ1v) is 29.8. The Morgan fingerprint density at radius 1 is 0.647 bits per heavy atom. The Bertz CT molecular complexity index is 2490. The average Bonchev–Trinajstić information content (AvgIpc) is 0.712. The maximum absolute atomic E-state index is 13.5. The highest BCUT2D eigenvalue weighted by atomic mass is 16.8. The predicted molar refractivity (Wildman–Crippen MR) is 288 cm³/mol. The van der Waals surface area contributed by atoms with Gasteiger partial charge in [-0.2, -0.15) is 0 Å². The topological polar surface area (TPSA) is 407 Å². The normalized spacial score (nSPS) is 50.5. The zero-order chi connectivity index (χ0) is 62.6. The fraction of sp³-hybridized carbons (Fsp3) is 0.881. The third-order valence-electron chi connectivity index (χ3n) is 22.2. The van der Waals surface area contributed by atoms with E-state index in [2.05, 4.69) is 26.8 Å². The lowest BCUT2D eigenvalue weighted by Gasteiger charge is -2.72. The molecule has 13 N–H and O–H groups in total. The number of carboxylic acids is 1. The largest absolute Gasteiger partial charge is 0.479 e. The number of ether oxygens (including phenoxy) is 10. The van der Waals surface area contributed by atoms with Crippen LogP contribution in [0.3, 0.4) is 0 Å². The second kappa shape index (κ2) is 24.4. The van der Waals surface area contributed by atoms with Crippen molar-refractivity contribution in [1.82, 2.24) is 0 Å². The van der Waals surface area contributed by atoms with Crippen LogP contribution in [0, 0.1) is 50.2 Å². The van der Waals surface area contributed by atoms with Gasteiger partial charge < -0.3 is 114 Å². The van der Waals surface area contributed by atoms with Gasteiger partial charge in [-0.05, 0) is 98.2 Å². The molecule has 3 unspecified atom stereocenters. The molecule has 0 amide bonds. The molecule has 0 aromatic rings. The molecule has 0 aromatic carbocycles. The number of esters is 2. The molecular weight excluding hydrogens is 1120 g/mol. The minimum absolute atomic E-state index is 0.00886. The summed E-state index contributed by atoms with van der Waals surface area (Å²) in [5.74, 6) is -3.55. The Hall–Kier alpha value is -2.91. The first-order valence-electron chi connectivity index (χ1n) is 29.8. The van der Waals surface area contributed by atoms with Gasteiger partial charge in [-0.15, -0.1) is 0 Å². The zero-order valence-electron chi connectivity index (χ0n) is 50.0. The Morgan fingerprint density at radius 3 is 1.89 bits per heavy atom. The van der Waals surface area contributed by atoms with Gasteiger partial charge in [0.15, 0.2) is 31.3 Å². The molecule has 0 radical (unpaired) electrons. The van der Waals surface area contributed by atoms with E-state index in [0.29, 0.717) is 44.1 Å². The summed E-state index contributed by atoms with van der Waals surface area (Å²) in [5.41, 5.74) is -3.17. The SMILES string of the molecule is C/C=C(\C)C(=O)O[C@H]1[C@H](OC(C)=O)[C@@]2(CO)C(CC1(C)C)C1=CCC3[C@@]4(C)CC[C@H](O[C@@H]5O[C@H](C(=O)O)[C@@H](O)[C@H](O[C@H]6OC[C@H](O)[C@H](O)[C@H]6O[C@@H]6OC[C@@H](O)[C@H](O)[C@H]6O)[C@H]5O[C@@H]5O[C@H](CO)[C@H](O)[C@H](O)[C@H]5O)C(C)(C)C4CC[C@@]3(C)[C@]1(C)C[C@H]2O. The predicted octanol–water partition coefficient (Wildman–Crippen LogP) is -1.19. The lowest BCUT2D eigenvalue weighted by atomic mass is 9.33. The van der Waals surface area contributed by atoms with Gasteiger partial charge in [0.1, 0.15) is 91.6 Å². The Morgan fingerprint density at radius 2 is 1.27 bits per heavy atom. The number of carboxylic acid groups (broad SMARTS) is 1. The van der Waals surface area contributed by atoms with Crippen molar-refractivity contribution in [2.45, 2.75) is 249 Å². The lowest BCUT2D eigenvalue weighted by Crippen LogP contribution is -2.72. The van der Waals surface area contributed by atoms with Crippen molar-refractivity contribution < 1.29 is 128 Å². The van der Waals surface area contributed by atoms with Crippen molar-refractivity contribution in [3.05, 3.63) is 23.3 Å². The summed E-state index contributed by atoms with van der Waals surface area (Å²) in [6.45, 7) is 16.7. The number of carbonyl (C=O) groups excluding carboxylic acids is 2. The summed E-state index contributed by atoms with van der Waals surface area (Å²) in [4.78, 5) is 39.6. The molecule has 4 saturated heterocycles. The standard InChI is InChI=1S/C59H92O26/c1-11-24(2)49(75)85-46-47(78-25(3)62)59(23-61)27(18-54(46,4)5)26-12-13-32-56(8)16-15-34(55(6,7)31(56)14-17-57(32,9)58(26,10)19-33(59)65)80-53-45(84-51-40(71)38(69)37(68)30(20-60)79-51)42(41(72)43(82-53)48(73)74)81-52-44(36(67)29(64)22-77-52)83-50-39(70)35(66)28(63)21-76-50/h11-12,27-47,50-53,60-61,63-72H,13-23H2,1-10H3,(H,73,74)/b24-11+/t27?,28-,29+,30-,31?,32?,33-,34+,35+,36+,37+,38+,39-,40-,41+,42+,43+,44-,45-,46+,47+,50+,51+,52-,53-,56+,57-,58-,59+/m1/s1. The summed E-state index contributed by atoms with van der Waals surface area (Å²) in [6.07, 6.45) is -30.6. The van der Waals surface area contributed by atoms with Crippen LogP contribution < -0.4 is 0 Å². The highest BCUT2D eigenvalue weighted by Gasteiger charge is 2.74. The molecule has 29 atom stereocenters. The highest BCUT2D eigenvalue weighted by molar-refractivity contribution is 5.87. The van der Waals surface area contributed by atoms with Crippen molar-refractivity contribution >= 4 is 17.9 Å². The van der Waals surface area contributed by atoms with E-state index in [4.69, 9.17) is 47.4 Å². The lowest BCUT2D eigenvalue weighted by molar-refractivity contribution is -0.399. The van der Waals surface area contributed by atoms with Crippen molar-refractivity contribution in [1.29, 1.82) is 0 Å². The molecular formula is C59H92O26. The van der Waals surface area contributed by atoms with Crippen LogP contribution in [0.1, 0.15) is 114 Å². The fourth-order valence-electron chi connectivity index (χ4n) is 17.1. The van der Waals surface area contributed by atoms with Gasteiger partial charge in [0.2, 0.25) is 0 Å². The molecule has 85 heavy (non-hydrogen) atoms. The van der Waals surface area contributed by atoms with Gasteiger partial charge in [0.05, 0.1) is 44.1 Å². The second-order valence-electron chi connectivity index (χ2n) is 27.6. The van der Waals surface area contributed by atoms with Crippen LogP contribution in [0.25, 0.3) is 0 Å². The maximum Gasteiger partial charge on any atom is 0.335 e. The Labute approximate surface area is 493 Å². The molecule has 0 bridgehead atoms. The summed E-state index contributed by atoms with van der Waals surface area (Å²) in [6, 6.07) is 0. The molecule has 26 nitrogen and oxygen atoms in total. The number of carbonyl (C=O) groups is 3. The molecule has 4 heterocycles. The van der Waals surface area contributed by atoms with Crippen LogP contribution in [-0.4, -0.2) is 246 Å². The fourth-order valence-corrected chi connectivity index (χ4v) is 17.1. The number of allylic oxidation sites excluding steroid dienone is 3. The van der Waals surface area contributed by atoms with Crippen molar-refractivity contribution in [3.8, 4) is 0 Å². The number of hydrogen-bond donors (Lipinski definition) is 13. The van der Waals surface area contributed by atoms with Crippen LogP contribution in [0.5, 0.6) is 0 Å². The maximum atomic E-state index is 13.5. The summed E-state index contributed by atoms with van der Waals surface area (Å²) in [7, 11) is 0. The van der Waals surface area contributed by atoms with Crippen molar-refractivity contribution in [2.75, 3.05) is 26.4 Å². The molecule has 8 fully saturated rings. The van der Waals surface area contributed by atoms with E-state index in [1.807, 2.05) is 27.7 Å². The number of hydrogen-bond acceptors (Lipinski definition) is 25. The summed E-state index contributed by atoms with van der Waals surface area (Å²) < 4.78 is 60.9. The molecule has 9 rings (SSSR count). The van der Waals surface area contributed by atoms with E-state index >= 15 is 0 Å². The van der Waals surface area contributed by atoms with Crippen molar-refractivity contribution in [2.24, 2.45) is 50.2 Å². The van der Waals surface area contributed by atoms with Gasteiger partial charge >= 0.3 is 17.9 Å². The Kier molecular flexibility index (Phi) is 19.1. The minimum Gasteiger partial charge on any atom is -0.479 e. The third-order valence-corrected chi connectivity index (χ3v) is 22.2. The van der Waals surface area contributed by atoms with Crippen LogP contribution >= 0.6 is 0 Å². The van der Waals surface area contributed by atoms with Gasteiger partial charge in [0.25, 0.3) is 0 Å². The van der Waals surface area contributed by atoms with E-state index in [1.54, 1.807) is 19.9 Å². The second-order valence-corrected chi connectivity index (χ2v) is 27.6. The van der Waals surface area contributed by atoms with Crippen LogP contribution in [0.4, 0.5) is 0 Å². The first-order chi connectivity index (χ1) is 39.7. The van der Waals surface area contributed by atoms with Crippen LogP contribution in [-0.2, 0) is 61.8 Å². The van der Waals surface area contributed by atoms with E-state index in [-0.39, 0.29) is 18.3 Å². The smallest absolute Gasteiger partial charge is 0.335 e. The molecule has 5 aliphatic carbocycles. The molecule has 0 spiro atoms. The van der Waals surface area contributed by atoms with Gasteiger partial charge in [-0.25, -0.2) is 9.59 Å². The van der Waals surface area contributed by atoms with Crippen LogP contribution in [0.15, 0.2) is 23.3 Å². The van der Waals surface area contributed by atoms with Gasteiger partial charge in [0, 0.05) is 17.9 Å². The summed E-state index contributed by atoms with van der Waals surface area (Å²) >= 11 is 0. The molecule has 4 aliphatic heterocycles. The molecule has 4 saturated carbocycles. The van der Waals surface area contributed by atoms with Crippen molar-refractivity contribution in [3.63, 3.8) is 0 Å². The Balaban J connectivity index is 1.04.